The van der Waals surface area contributed by atoms with Crippen molar-refractivity contribution in [1.29, 1.82) is 0 Å². The van der Waals surface area contributed by atoms with E-state index < -0.39 is 0 Å². The lowest BCUT2D eigenvalue weighted by molar-refractivity contribution is 0.0879. The lowest BCUT2D eigenvalue weighted by Crippen LogP contribution is -2.45. The number of hydrogen-bond acceptors (Lipinski definition) is 2. The average Bonchev–Trinajstić information content (AvgIpc) is 2.93. The number of nitrogens with zero attached hydrogens (tertiary/aromatic N) is 2. The van der Waals surface area contributed by atoms with Crippen molar-refractivity contribution in [2.24, 2.45) is 11.8 Å². The smallest absolute Gasteiger partial charge is 0.254 e. The molecule has 1 heterocycles. The summed E-state index contributed by atoms with van der Waals surface area (Å²) < 4.78 is 15.5. The molecule has 1 saturated carbocycles. The van der Waals surface area contributed by atoms with E-state index in [1.54, 1.807) is 25.1 Å². The van der Waals surface area contributed by atoms with Crippen LogP contribution in [-0.2, 0) is 0 Å². The zero-order valence-electron chi connectivity index (χ0n) is 14.4. The average molecular weight is 329 g/mol. The van der Waals surface area contributed by atoms with Gasteiger partial charge in [0.2, 0.25) is 0 Å². The molecule has 1 amide bonds. The van der Waals surface area contributed by atoms with Gasteiger partial charge in [0, 0.05) is 6.04 Å². The molecule has 1 N–H and O–H groups in total. The molecule has 1 aliphatic rings. The van der Waals surface area contributed by atoms with Crippen LogP contribution in [0, 0.1) is 24.6 Å². The van der Waals surface area contributed by atoms with E-state index in [9.17, 15) is 9.18 Å². The molecular formula is C19H24FN3O. The number of halogens is 1. The Morgan fingerprint density at radius 3 is 2.58 bits per heavy atom. The largest absolute Gasteiger partial charge is 0.349 e. The van der Waals surface area contributed by atoms with E-state index in [-0.39, 0.29) is 17.8 Å². The molecule has 1 aromatic heterocycles. The lowest BCUT2D eigenvalue weighted by atomic mass is 9.78. The van der Waals surface area contributed by atoms with Gasteiger partial charge in [-0.25, -0.2) is 9.07 Å². The van der Waals surface area contributed by atoms with Crippen LogP contribution < -0.4 is 5.32 Å². The van der Waals surface area contributed by atoms with Gasteiger partial charge < -0.3 is 5.32 Å². The van der Waals surface area contributed by atoms with Crippen molar-refractivity contribution in [3.63, 3.8) is 0 Å². The monoisotopic (exact) mass is 329 g/mol. The van der Waals surface area contributed by atoms with Crippen molar-refractivity contribution in [3.05, 3.63) is 47.5 Å². The number of para-hydroxylation sites is 1. The summed E-state index contributed by atoms with van der Waals surface area (Å²) in [5.74, 6) is 0.463. The molecule has 2 unspecified atom stereocenters. The maximum Gasteiger partial charge on any atom is 0.254 e. The quantitative estimate of drug-likeness (QED) is 0.929. The highest BCUT2D eigenvalue weighted by molar-refractivity contribution is 5.95. The van der Waals surface area contributed by atoms with E-state index in [1.165, 1.54) is 23.4 Å². The summed E-state index contributed by atoms with van der Waals surface area (Å²) in [5, 5.41) is 7.38. The van der Waals surface area contributed by atoms with Crippen molar-refractivity contribution in [2.45, 2.75) is 46.1 Å². The Labute approximate surface area is 142 Å². The van der Waals surface area contributed by atoms with Crippen molar-refractivity contribution in [2.75, 3.05) is 0 Å². The molecule has 1 fully saturated rings. The molecule has 0 spiro atoms. The number of carbonyl (C=O) groups is 1. The van der Waals surface area contributed by atoms with Crippen LogP contribution in [0.5, 0.6) is 0 Å². The Hall–Kier alpha value is -2.17. The number of hydrogen-bond donors (Lipinski definition) is 1. The van der Waals surface area contributed by atoms with Crippen LogP contribution in [0.25, 0.3) is 5.69 Å². The van der Waals surface area contributed by atoms with Gasteiger partial charge in [-0.2, -0.15) is 5.10 Å². The van der Waals surface area contributed by atoms with Crippen LogP contribution in [0.1, 0.15) is 49.2 Å². The van der Waals surface area contributed by atoms with Crippen LogP contribution in [0.15, 0.2) is 30.5 Å². The summed E-state index contributed by atoms with van der Waals surface area (Å²) in [6.45, 7) is 6.18. The van der Waals surface area contributed by atoms with Gasteiger partial charge in [-0.15, -0.1) is 0 Å². The number of carbonyl (C=O) groups excluding carboxylic acids is 1. The van der Waals surface area contributed by atoms with Gasteiger partial charge in [0.15, 0.2) is 0 Å². The Morgan fingerprint density at radius 2 is 1.92 bits per heavy atom. The summed E-state index contributed by atoms with van der Waals surface area (Å²) in [7, 11) is 0. The van der Waals surface area contributed by atoms with Crippen molar-refractivity contribution in [3.8, 4) is 5.69 Å². The Balaban J connectivity index is 1.83. The van der Waals surface area contributed by atoms with Gasteiger partial charge in [-0.05, 0) is 43.7 Å². The molecule has 2 atom stereocenters. The Bertz CT molecular complexity index is 730. The first-order chi connectivity index (χ1) is 11.5. The fourth-order valence-corrected chi connectivity index (χ4v) is 3.69. The zero-order chi connectivity index (χ0) is 17.3. The van der Waals surface area contributed by atoms with Gasteiger partial charge >= 0.3 is 0 Å². The minimum absolute atomic E-state index is 0.124. The highest BCUT2D eigenvalue weighted by Crippen LogP contribution is 2.29. The maximum atomic E-state index is 14.0. The van der Waals surface area contributed by atoms with E-state index in [0.29, 0.717) is 28.8 Å². The molecule has 2 aromatic rings. The summed E-state index contributed by atoms with van der Waals surface area (Å²) in [6.07, 6.45) is 5.03. The first-order valence-electron chi connectivity index (χ1n) is 8.59. The molecule has 1 aliphatic carbocycles. The number of benzene rings is 1. The molecule has 24 heavy (non-hydrogen) atoms. The molecule has 0 saturated heterocycles. The normalized spacial score (nSPS) is 23.9. The van der Waals surface area contributed by atoms with Gasteiger partial charge in [-0.3, -0.25) is 4.79 Å². The van der Waals surface area contributed by atoms with Crippen molar-refractivity contribution in [1.82, 2.24) is 15.1 Å². The van der Waals surface area contributed by atoms with Crippen LogP contribution >= 0.6 is 0 Å². The van der Waals surface area contributed by atoms with E-state index in [0.717, 1.165) is 12.8 Å². The molecule has 3 rings (SSSR count). The maximum absolute atomic E-state index is 14.0. The van der Waals surface area contributed by atoms with Crippen LogP contribution in [0.2, 0.25) is 0 Å². The minimum atomic E-state index is -0.356. The third-order valence-corrected chi connectivity index (χ3v) is 5.18. The zero-order valence-corrected chi connectivity index (χ0v) is 14.4. The summed E-state index contributed by atoms with van der Waals surface area (Å²) in [5.41, 5.74) is 1.50. The standard InChI is InChI=1S/C19H24FN3O/c1-12-7-6-8-13(2)18(12)22-19(24)15-11-21-23(14(15)3)17-10-5-4-9-16(17)20/h4-5,9-13,18H,6-8H2,1-3H3,(H,22,24). The first-order valence-corrected chi connectivity index (χ1v) is 8.59. The van der Waals surface area contributed by atoms with Crippen molar-refractivity contribution < 1.29 is 9.18 Å². The topological polar surface area (TPSA) is 46.9 Å². The van der Waals surface area contributed by atoms with Gasteiger partial charge in [0.25, 0.3) is 5.91 Å². The number of nitrogens with one attached hydrogen (secondary N) is 1. The van der Waals surface area contributed by atoms with Gasteiger partial charge in [0.1, 0.15) is 11.5 Å². The molecule has 0 aliphatic heterocycles. The molecule has 128 valence electrons. The second-order valence-electron chi connectivity index (χ2n) is 6.89. The van der Waals surface area contributed by atoms with Crippen LogP contribution in [0.4, 0.5) is 4.39 Å². The van der Waals surface area contributed by atoms with E-state index >= 15 is 0 Å². The Kier molecular flexibility index (Phi) is 4.69. The van der Waals surface area contributed by atoms with Crippen LogP contribution in [0.3, 0.4) is 0 Å². The van der Waals surface area contributed by atoms with E-state index in [4.69, 9.17) is 0 Å². The summed E-state index contributed by atoms with van der Waals surface area (Å²) >= 11 is 0. The molecule has 0 bridgehead atoms. The molecule has 4 nitrogen and oxygen atoms in total. The highest BCUT2D eigenvalue weighted by atomic mass is 19.1. The second kappa shape index (κ2) is 6.75. The Morgan fingerprint density at radius 1 is 1.25 bits per heavy atom. The second-order valence-corrected chi connectivity index (χ2v) is 6.89. The van der Waals surface area contributed by atoms with Crippen LogP contribution in [-0.4, -0.2) is 21.7 Å². The summed E-state index contributed by atoms with van der Waals surface area (Å²) in [6, 6.07) is 6.62. The molecule has 5 heteroatoms. The third-order valence-electron chi connectivity index (χ3n) is 5.18. The summed E-state index contributed by atoms with van der Waals surface area (Å²) in [4.78, 5) is 12.7. The fourth-order valence-electron chi connectivity index (χ4n) is 3.69. The number of aromatic nitrogens is 2. The molecule has 0 radical (unpaired) electrons. The SMILES string of the molecule is Cc1c(C(=O)NC2C(C)CCCC2C)cnn1-c1ccccc1F. The first kappa shape index (κ1) is 16.7. The molecule has 1 aromatic carbocycles. The predicted octanol–water partition coefficient (Wildman–Crippen LogP) is 3.87. The van der Waals surface area contributed by atoms with Gasteiger partial charge in [-0.1, -0.05) is 32.4 Å². The van der Waals surface area contributed by atoms with Gasteiger partial charge in [0.05, 0.1) is 17.5 Å². The lowest BCUT2D eigenvalue weighted by Gasteiger charge is -2.35. The number of amides is 1. The minimum Gasteiger partial charge on any atom is -0.349 e. The predicted molar refractivity (Wildman–Crippen MR) is 91.7 cm³/mol. The van der Waals surface area contributed by atoms with E-state index in [1.807, 2.05) is 0 Å². The number of rotatable bonds is 3. The molecular weight excluding hydrogens is 305 g/mol. The fraction of sp³-hybridized carbons (Fsp3) is 0.474. The van der Waals surface area contributed by atoms with E-state index in [2.05, 4.69) is 24.3 Å². The third kappa shape index (κ3) is 3.07. The van der Waals surface area contributed by atoms with Crippen molar-refractivity contribution >= 4 is 5.91 Å². The highest BCUT2D eigenvalue weighted by Gasteiger charge is 2.30.